The molecule has 0 aliphatic heterocycles. The van der Waals surface area contributed by atoms with Crippen molar-refractivity contribution >= 4 is 11.9 Å². The van der Waals surface area contributed by atoms with E-state index in [-0.39, 0.29) is 5.75 Å². The lowest BCUT2D eigenvalue weighted by molar-refractivity contribution is -0.138. The summed E-state index contributed by atoms with van der Waals surface area (Å²) in [4.78, 5) is 22.7. The Labute approximate surface area is 124 Å². The van der Waals surface area contributed by atoms with Crippen LogP contribution in [-0.2, 0) is 25.5 Å². The predicted octanol–water partition coefficient (Wildman–Crippen LogP) is 2.38. The van der Waals surface area contributed by atoms with Gasteiger partial charge >= 0.3 is 11.9 Å². The fourth-order valence-corrected chi connectivity index (χ4v) is 1.87. The molecule has 0 unspecified atom stereocenters. The van der Waals surface area contributed by atoms with Crippen molar-refractivity contribution in [3.05, 3.63) is 41.5 Å². The van der Waals surface area contributed by atoms with Gasteiger partial charge in [-0.25, -0.2) is 9.59 Å². The van der Waals surface area contributed by atoms with E-state index in [0.717, 1.165) is 24.8 Å². The molecule has 0 aromatic heterocycles. The van der Waals surface area contributed by atoms with Gasteiger partial charge in [0.05, 0.1) is 14.2 Å². The number of hydrogen-bond donors (Lipinski definition) is 1. The zero-order valence-corrected chi connectivity index (χ0v) is 12.3. The Hall–Kier alpha value is -2.30. The van der Waals surface area contributed by atoms with Gasteiger partial charge in [0.2, 0.25) is 0 Å². The molecule has 0 aliphatic carbocycles. The summed E-state index contributed by atoms with van der Waals surface area (Å²) in [6, 6.07) is 7.01. The van der Waals surface area contributed by atoms with Crippen LogP contribution in [0.1, 0.15) is 24.8 Å². The molecule has 0 saturated heterocycles. The summed E-state index contributed by atoms with van der Waals surface area (Å²) in [6.45, 7) is 0. The number of methoxy groups -OCH3 is 2. The predicted molar refractivity (Wildman–Crippen MR) is 77.8 cm³/mol. The van der Waals surface area contributed by atoms with Gasteiger partial charge < -0.3 is 14.6 Å². The van der Waals surface area contributed by atoms with Crippen molar-refractivity contribution in [1.82, 2.24) is 0 Å². The highest BCUT2D eigenvalue weighted by molar-refractivity contribution is 5.96. The fraction of sp³-hybridized carbons (Fsp3) is 0.375. The molecule has 0 spiro atoms. The minimum atomic E-state index is -0.561. The lowest BCUT2D eigenvalue weighted by Crippen LogP contribution is -2.08. The van der Waals surface area contributed by atoms with Crippen molar-refractivity contribution in [3.8, 4) is 5.75 Å². The van der Waals surface area contributed by atoms with Crippen molar-refractivity contribution in [2.24, 2.45) is 0 Å². The van der Waals surface area contributed by atoms with Crippen LogP contribution in [0.4, 0.5) is 0 Å². The van der Waals surface area contributed by atoms with Gasteiger partial charge in [0.1, 0.15) is 5.75 Å². The second-order valence-electron chi connectivity index (χ2n) is 4.56. The summed E-state index contributed by atoms with van der Waals surface area (Å²) < 4.78 is 9.16. The number of phenols is 1. The summed E-state index contributed by atoms with van der Waals surface area (Å²) in [5.41, 5.74) is 1.43. The maximum Gasteiger partial charge on any atom is 0.333 e. The van der Waals surface area contributed by atoms with Gasteiger partial charge in [0.15, 0.2) is 0 Å². The molecule has 1 aromatic rings. The number of aryl methyl sites for hydroxylation is 1. The number of rotatable bonds is 7. The van der Waals surface area contributed by atoms with Crippen LogP contribution in [-0.4, -0.2) is 31.3 Å². The highest BCUT2D eigenvalue weighted by Crippen LogP contribution is 2.15. The molecule has 0 atom stereocenters. The first-order valence-electron chi connectivity index (χ1n) is 6.71. The van der Waals surface area contributed by atoms with Gasteiger partial charge in [0, 0.05) is 11.6 Å². The molecule has 0 fully saturated rings. The van der Waals surface area contributed by atoms with Gasteiger partial charge in [-0.2, -0.15) is 0 Å². The number of carbonyl (C=O) groups is 2. The molecule has 1 aromatic carbocycles. The number of esters is 2. The number of benzene rings is 1. The molecular formula is C16H20O5. The normalized spacial score (nSPS) is 11.0. The van der Waals surface area contributed by atoms with E-state index >= 15 is 0 Å². The van der Waals surface area contributed by atoms with Crippen molar-refractivity contribution in [1.29, 1.82) is 0 Å². The second-order valence-corrected chi connectivity index (χ2v) is 4.56. The Morgan fingerprint density at radius 1 is 1.10 bits per heavy atom. The van der Waals surface area contributed by atoms with Crippen molar-refractivity contribution in [2.45, 2.75) is 25.7 Å². The molecule has 0 radical (unpaired) electrons. The zero-order chi connectivity index (χ0) is 15.7. The number of unbranched alkanes of at least 4 members (excludes halogenated alkanes) is 1. The van der Waals surface area contributed by atoms with Gasteiger partial charge in [-0.1, -0.05) is 12.1 Å². The van der Waals surface area contributed by atoms with E-state index < -0.39 is 11.9 Å². The minimum absolute atomic E-state index is 0.243. The van der Waals surface area contributed by atoms with E-state index in [9.17, 15) is 14.7 Å². The number of phenolic OH excluding ortho intramolecular Hbond substituents is 1. The van der Waals surface area contributed by atoms with Crippen LogP contribution in [0, 0.1) is 0 Å². The number of carbonyl (C=O) groups excluding carboxylic acids is 2. The van der Waals surface area contributed by atoms with Crippen molar-refractivity contribution in [2.75, 3.05) is 14.2 Å². The van der Waals surface area contributed by atoms with Gasteiger partial charge in [-0.15, -0.1) is 0 Å². The number of ether oxygens (including phenoxy) is 2. The van der Waals surface area contributed by atoms with Crippen LogP contribution in [0.2, 0.25) is 0 Å². The first-order valence-corrected chi connectivity index (χ1v) is 6.71. The van der Waals surface area contributed by atoms with E-state index in [0.29, 0.717) is 12.0 Å². The Morgan fingerprint density at radius 2 is 1.76 bits per heavy atom. The van der Waals surface area contributed by atoms with E-state index in [4.69, 9.17) is 0 Å². The van der Waals surface area contributed by atoms with Crippen LogP contribution < -0.4 is 0 Å². The molecule has 0 aliphatic rings. The molecule has 1 rings (SSSR count). The summed E-state index contributed by atoms with van der Waals surface area (Å²) >= 11 is 0. The Morgan fingerprint density at radius 3 is 2.33 bits per heavy atom. The van der Waals surface area contributed by atoms with Crippen molar-refractivity contribution in [3.63, 3.8) is 0 Å². The molecular weight excluding hydrogens is 272 g/mol. The highest BCUT2D eigenvalue weighted by atomic mass is 16.5. The first kappa shape index (κ1) is 16.8. The van der Waals surface area contributed by atoms with E-state index in [1.165, 1.54) is 20.3 Å². The summed E-state index contributed by atoms with van der Waals surface area (Å²) in [5, 5.41) is 9.19. The Kier molecular flexibility index (Phi) is 7.01. The third-order valence-corrected chi connectivity index (χ3v) is 3.04. The molecule has 0 heterocycles. The molecule has 0 saturated carbocycles. The van der Waals surface area contributed by atoms with Crippen LogP contribution >= 0.6 is 0 Å². The third kappa shape index (κ3) is 6.12. The summed E-state index contributed by atoms with van der Waals surface area (Å²) in [6.07, 6.45) is 4.08. The van der Waals surface area contributed by atoms with E-state index in [1.807, 2.05) is 12.1 Å². The lowest BCUT2D eigenvalue weighted by atomic mass is 10.0. The molecule has 0 amide bonds. The second kappa shape index (κ2) is 8.79. The monoisotopic (exact) mass is 292 g/mol. The van der Waals surface area contributed by atoms with Gasteiger partial charge in [0.25, 0.3) is 0 Å². The molecule has 1 N–H and O–H groups in total. The standard InChI is InChI=1S/C16H20O5/c1-20-15(18)11-13(16(19)21-2)6-4-3-5-12-7-9-14(17)10-8-12/h7-11,17H,3-6H2,1-2H3/b13-11-. The largest absolute Gasteiger partial charge is 0.508 e. The third-order valence-electron chi connectivity index (χ3n) is 3.04. The molecule has 0 bridgehead atoms. The molecule has 114 valence electrons. The van der Waals surface area contributed by atoms with E-state index in [2.05, 4.69) is 9.47 Å². The average molecular weight is 292 g/mol. The smallest absolute Gasteiger partial charge is 0.333 e. The summed E-state index contributed by atoms with van der Waals surface area (Å²) in [5.74, 6) is -0.827. The first-order chi connectivity index (χ1) is 10.1. The van der Waals surface area contributed by atoms with Crippen molar-refractivity contribution < 1.29 is 24.2 Å². The molecule has 5 nitrogen and oxygen atoms in total. The molecule has 21 heavy (non-hydrogen) atoms. The van der Waals surface area contributed by atoms with Crippen LogP contribution in [0.5, 0.6) is 5.75 Å². The number of aromatic hydroxyl groups is 1. The fourth-order valence-electron chi connectivity index (χ4n) is 1.87. The Bertz CT molecular complexity index is 502. The SMILES string of the molecule is COC(=O)/C=C(/CCCCc1ccc(O)cc1)C(=O)OC. The lowest BCUT2D eigenvalue weighted by Gasteiger charge is -2.06. The summed E-state index contributed by atoms with van der Waals surface area (Å²) in [7, 11) is 2.54. The average Bonchev–Trinajstić information content (AvgIpc) is 2.50. The van der Waals surface area contributed by atoms with Crippen LogP contribution in [0.15, 0.2) is 35.9 Å². The highest BCUT2D eigenvalue weighted by Gasteiger charge is 2.11. The Balaban J connectivity index is 2.46. The maximum absolute atomic E-state index is 11.5. The zero-order valence-electron chi connectivity index (χ0n) is 12.3. The van der Waals surface area contributed by atoms with Crippen LogP contribution in [0.25, 0.3) is 0 Å². The van der Waals surface area contributed by atoms with E-state index in [1.54, 1.807) is 12.1 Å². The molecule has 5 heteroatoms. The van der Waals surface area contributed by atoms with Gasteiger partial charge in [-0.05, 0) is 43.4 Å². The topological polar surface area (TPSA) is 72.8 Å². The maximum atomic E-state index is 11.5. The van der Waals surface area contributed by atoms with Gasteiger partial charge in [-0.3, -0.25) is 0 Å². The number of hydrogen-bond acceptors (Lipinski definition) is 5. The quantitative estimate of drug-likeness (QED) is 0.474. The van der Waals surface area contributed by atoms with Crippen LogP contribution in [0.3, 0.4) is 0 Å². The minimum Gasteiger partial charge on any atom is -0.508 e.